The third kappa shape index (κ3) is 5.70. The van der Waals surface area contributed by atoms with E-state index in [1.54, 1.807) is 18.2 Å². The average Bonchev–Trinajstić information content (AvgIpc) is 2.73. The maximum atomic E-state index is 11.7. The first-order chi connectivity index (χ1) is 14.0. The molecule has 2 unspecified atom stereocenters. The molecule has 5 nitrogen and oxygen atoms in total. The molecule has 0 aromatic heterocycles. The van der Waals surface area contributed by atoms with E-state index in [9.17, 15) is 4.79 Å². The van der Waals surface area contributed by atoms with Gasteiger partial charge in [-0.2, -0.15) is 0 Å². The molecule has 0 saturated carbocycles. The molecule has 1 aliphatic heterocycles. The van der Waals surface area contributed by atoms with Crippen LogP contribution in [0.3, 0.4) is 0 Å². The predicted octanol–water partition coefficient (Wildman–Crippen LogP) is 4.76. The van der Waals surface area contributed by atoms with Gasteiger partial charge in [0.1, 0.15) is 0 Å². The molecule has 1 aliphatic rings. The number of nitrogens with zero attached hydrogens (tertiary/aromatic N) is 1. The van der Waals surface area contributed by atoms with Crippen LogP contribution in [0.1, 0.15) is 48.7 Å². The van der Waals surface area contributed by atoms with Gasteiger partial charge in [0.15, 0.2) is 5.11 Å². The number of esters is 1. The van der Waals surface area contributed by atoms with Gasteiger partial charge in [0.25, 0.3) is 0 Å². The lowest BCUT2D eigenvalue weighted by atomic mass is 9.99. The fraction of sp³-hybridized carbons (Fsp3) is 0.391. The summed E-state index contributed by atoms with van der Waals surface area (Å²) >= 11 is 5.44. The number of nitrogens with one attached hydrogen (secondary N) is 2. The van der Waals surface area contributed by atoms with Gasteiger partial charge in [0.2, 0.25) is 0 Å². The van der Waals surface area contributed by atoms with Crippen molar-refractivity contribution in [3.05, 3.63) is 59.7 Å². The summed E-state index contributed by atoms with van der Waals surface area (Å²) in [7, 11) is 1.37. The summed E-state index contributed by atoms with van der Waals surface area (Å²) < 4.78 is 4.76. The van der Waals surface area contributed by atoms with Gasteiger partial charge >= 0.3 is 5.97 Å². The average molecular weight is 412 g/mol. The molecule has 0 amide bonds. The van der Waals surface area contributed by atoms with Crippen LogP contribution in [0.4, 0.5) is 11.4 Å². The summed E-state index contributed by atoms with van der Waals surface area (Å²) in [6, 6.07) is 15.9. The van der Waals surface area contributed by atoms with Gasteiger partial charge in [-0.25, -0.2) is 4.79 Å². The summed E-state index contributed by atoms with van der Waals surface area (Å²) in [5.74, 6) is 0.384. The van der Waals surface area contributed by atoms with Crippen molar-refractivity contribution in [2.45, 2.75) is 32.7 Å². The molecule has 0 radical (unpaired) electrons. The second-order valence-electron chi connectivity index (χ2n) is 7.68. The summed E-state index contributed by atoms with van der Waals surface area (Å²) in [6.07, 6.45) is 2.58. The molecule has 0 aliphatic carbocycles. The first kappa shape index (κ1) is 21.1. The molecule has 0 bridgehead atoms. The minimum absolute atomic E-state index is 0.0631. The van der Waals surface area contributed by atoms with Crippen LogP contribution in [-0.2, 0) is 4.74 Å². The maximum absolute atomic E-state index is 11.7. The molecule has 1 heterocycles. The van der Waals surface area contributed by atoms with Crippen LogP contribution < -0.4 is 15.5 Å². The zero-order valence-corrected chi connectivity index (χ0v) is 18.1. The highest BCUT2D eigenvalue weighted by molar-refractivity contribution is 7.80. The van der Waals surface area contributed by atoms with Crippen LogP contribution in [0.2, 0.25) is 0 Å². The predicted molar refractivity (Wildman–Crippen MR) is 123 cm³/mol. The molecule has 0 spiro atoms. The number of methoxy groups -OCH3 is 1. The molecule has 2 aromatic rings. The van der Waals surface area contributed by atoms with Crippen molar-refractivity contribution in [3.63, 3.8) is 0 Å². The zero-order valence-electron chi connectivity index (χ0n) is 17.3. The number of carbonyl (C=O) groups excluding carboxylic acids is 1. The molecule has 1 fully saturated rings. The number of anilines is 2. The van der Waals surface area contributed by atoms with Gasteiger partial charge in [-0.05, 0) is 73.8 Å². The Balaban J connectivity index is 1.57. The second-order valence-corrected chi connectivity index (χ2v) is 8.09. The highest BCUT2D eigenvalue weighted by atomic mass is 32.1. The molecule has 6 heteroatoms. The Morgan fingerprint density at radius 3 is 2.69 bits per heavy atom. The fourth-order valence-electron chi connectivity index (χ4n) is 3.69. The van der Waals surface area contributed by atoms with Crippen molar-refractivity contribution >= 4 is 34.7 Å². The quantitative estimate of drug-likeness (QED) is 0.547. The Bertz CT molecular complexity index is 853. The first-order valence-electron chi connectivity index (χ1n) is 10.1. The number of carbonyl (C=O) groups is 1. The lowest BCUT2D eigenvalue weighted by Gasteiger charge is -2.33. The van der Waals surface area contributed by atoms with Crippen LogP contribution in [0.15, 0.2) is 48.5 Å². The van der Waals surface area contributed by atoms with E-state index in [-0.39, 0.29) is 12.0 Å². The smallest absolute Gasteiger partial charge is 0.337 e. The van der Waals surface area contributed by atoms with Gasteiger partial charge in [0.05, 0.1) is 18.7 Å². The van der Waals surface area contributed by atoms with Gasteiger partial charge in [-0.1, -0.05) is 25.1 Å². The fourth-order valence-corrected chi connectivity index (χ4v) is 3.98. The number of rotatable bonds is 5. The number of hydrogen-bond acceptors (Lipinski definition) is 4. The van der Waals surface area contributed by atoms with E-state index in [2.05, 4.69) is 53.6 Å². The normalized spacial score (nSPS) is 17.3. The van der Waals surface area contributed by atoms with Crippen molar-refractivity contribution in [2.24, 2.45) is 5.92 Å². The summed E-state index contributed by atoms with van der Waals surface area (Å²) in [5.41, 5.74) is 3.68. The Kier molecular flexibility index (Phi) is 7.09. The Labute approximate surface area is 178 Å². The summed E-state index contributed by atoms with van der Waals surface area (Å²) in [4.78, 5) is 14.1. The highest BCUT2D eigenvalue weighted by Gasteiger charge is 2.17. The minimum Gasteiger partial charge on any atom is -0.465 e. The van der Waals surface area contributed by atoms with E-state index in [1.165, 1.54) is 31.2 Å². The molecule has 3 rings (SSSR count). The number of piperidine rings is 1. The van der Waals surface area contributed by atoms with Crippen LogP contribution in [0.5, 0.6) is 0 Å². The van der Waals surface area contributed by atoms with Crippen molar-refractivity contribution in [1.82, 2.24) is 5.32 Å². The van der Waals surface area contributed by atoms with Gasteiger partial charge in [-0.3, -0.25) is 0 Å². The third-order valence-corrected chi connectivity index (χ3v) is 5.52. The number of thiocarbonyl (C=S) groups is 1. The van der Waals surface area contributed by atoms with E-state index in [0.29, 0.717) is 10.7 Å². The molecular formula is C23H29N3O2S. The largest absolute Gasteiger partial charge is 0.465 e. The van der Waals surface area contributed by atoms with Crippen molar-refractivity contribution in [3.8, 4) is 0 Å². The van der Waals surface area contributed by atoms with Crippen LogP contribution in [0.25, 0.3) is 0 Å². The zero-order chi connectivity index (χ0) is 20.8. The topological polar surface area (TPSA) is 53.6 Å². The Morgan fingerprint density at radius 2 is 2.00 bits per heavy atom. The number of hydrogen-bond donors (Lipinski definition) is 2. The molecule has 1 saturated heterocycles. The molecule has 2 atom stereocenters. The van der Waals surface area contributed by atoms with Gasteiger partial charge in [-0.15, -0.1) is 0 Å². The van der Waals surface area contributed by atoms with Gasteiger partial charge < -0.3 is 20.3 Å². The monoisotopic (exact) mass is 411 g/mol. The lowest BCUT2D eigenvalue weighted by molar-refractivity contribution is 0.0601. The molecule has 154 valence electrons. The third-order valence-electron chi connectivity index (χ3n) is 5.30. The van der Waals surface area contributed by atoms with E-state index in [0.717, 1.165) is 24.7 Å². The SMILES string of the molecule is COC(=O)c1cccc(NC(=S)NC(C)c2ccc(N3CCCC(C)C3)cc2)c1. The van der Waals surface area contributed by atoms with Crippen LogP contribution in [-0.4, -0.2) is 31.3 Å². The molecular weight excluding hydrogens is 382 g/mol. The van der Waals surface area contributed by atoms with Crippen LogP contribution in [0, 0.1) is 5.92 Å². The summed E-state index contributed by atoms with van der Waals surface area (Å²) in [6.45, 7) is 6.67. The van der Waals surface area contributed by atoms with E-state index in [1.807, 2.05) is 6.07 Å². The lowest BCUT2D eigenvalue weighted by Crippen LogP contribution is -2.34. The second kappa shape index (κ2) is 9.74. The molecule has 2 N–H and O–H groups in total. The number of benzene rings is 2. The Hall–Kier alpha value is -2.60. The molecule has 2 aromatic carbocycles. The van der Waals surface area contributed by atoms with Crippen molar-refractivity contribution < 1.29 is 9.53 Å². The molecule has 29 heavy (non-hydrogen) atoms. The van der Waals surface area contributed by atoms with Crippen molar-refractivity contribution in [2.75, 3.05) is 30.4 Å². The van der Waals surface area contributed by atoms with E-state index in [4.69, 9.17) is 17.0 Å². The Morgan fingerprint density at radius 1 is 1.24 bits per heavy atom. The van der Waals surface area contributed by atoms with Crippen molar-refractivity contribution in [1.29, 1.82) is 0 Å². The number of ether oxygens (including phenoxy) is 1. The highest BCUT2D eigenvalue weighted by Crippen LogP contribution is 2.24. The maximum Gasteiger partial charge on any atom is 0.337 e. The standard InChI is InChI=1S/C23H29N3O2S/c1-16-6-5-13-26(15-16)21-11-9-18(10-12-21)17(2)24-23(29)25-20-8-4-7-19(14-20)22(27)28-3/h4,7-12,14,16-17H,5-6,13,15H2,1-3H3,(H2,24,25,29). The van der Waals surface area contributed by atoms with E-state index < -0.39 is 0 Å². The minimum atomic E-state index is -0.371. The summed E-state index contributed by atoms with van der Waals surface area (Å²) in [5, 5.41) is 6.95. The van der Waals surface area contributed by atoms with Gasteiger partial charge in [0, 0.05) is 24.5 Å². The van der Waals surface area contributed by atoms with Crippen LogP contribution >= 0.6 is 12.2 Å². The van der Waals surface area contributed by atoms with E-state index >= 15 is 0 Å². The first-order valence-corrected chi connectivity index (χ1v) is 10.5.